The van der Waals surface area contributed by atoms with Crippen LogP contribution in [0.2, 0.25) is 0 Å². The number of nitrogens with zero attached hydrogens (tertiary/aromatic N) is 2. The van der Waals surface area contributed by atoms with Crippen molar-refractivity contribution in [2.24, 2.45) is 0 Å². The molecule has 0 bridgehead atoms. The number of rotatable bonds is 6. The van der Waals surface area contributed by atoms with E-state index in [2.05, 4.69) is 10.3 Å². The average Bonchev–Trinajstić information content (AvgIpc) is 2.77. The predicted molar refractivity (Wildman–Crippen MR) is 86.9 cm³/mol. The van der Waals surface area contributed by atoms with E-state index >= 15 is 0 Å². The Hall–Kier alpha value is -1.86. The van der Waals surface area contributed by atoms with Crippen LogP contribution < -0.4 is 16.0 Å². The number of nitrogens with two attached hydrogens (primary N) is 1. The molecule has 0 aliphatic heterocycles. The van der Waals surface area contributed by atoms with Crippen LogP contribution in [0.4, 0.5) is 11.4 Å². The number of carbonyl (C=O) groups is 1. The van der Waals surface area contributed by atoms with Gasteiger partial charge >= 0.3 is 0 Å². The Labute approximate surface area is 127 Å². The number of likely N-dealkylation sites (N-methyl/N-ethyl adjacent to an activating group) is 1. The van der Waals surface area contributed by atoms with E-state index in [1.807, 2.05) is 31.0 Å². The fraction of sp³-hybridized carbons (Fsp3) is 0.429. The normalized spacial score (nSPS) is 10.8. The van der Waals surface area contributed by atoms with Gasteiger partial charge in [-0.2, -0.15) is 0 Å². The second kappa shape index (κ2) is 6.73. The maximum atomic E-state index is 11.8. The van der Waals surface area contributed by atoms with Gasteiger partial charge in [-0.3, -0.25) is 4.79 Å². The number of nitrogen functional groups attached to an aromatic ring is 1. The monoisotopic (exact) mass is 308 g/mol. The quantitative estimate of drug-likeness (QED) is 0.622. The number of nitrogens with one attached hydrogen (secondary N) is 1. The molecule has 6 nitrogen and oxygen atoms in total. The molecule has 0 fully saturated rings. The molecule has 3 N–H and O–H groups in total. The first-order chi connectivity index (χ1) is 10.0. The largest absolute Gasteiger partial charge is 0.397 e. The van der Waals surface area contributed by atoms with Crippen molar-refractivity contribution in [2.45, 2.75) is 6.92 Å². The first-order valence-corrected chi connectivity index (χ1v) is 7.46. The van der Waals surface area contributed by atoms with Crippen LogP contribution in [0, 0.1) is 6.92 Å². The minimum absolute atomic E-state index is 0.0662. The molecule has 2 aromatic rings. The van der Waals surface area contributed by atoms with Crippen molar-refractivity contribution in [3.8, 4) is 0 Å². The zero-order chi connectivity index (χ0) is 15.4. The Balaban J connectivity index is 2.09. The Morgan fingerprint density at radius 3 is 3.00 bits per heavy atom. The number of fused-ring (bicyclic) bond motifs is 1. The molecule has 1 aromatic carbocycles. The molecule has 1 heterocycles. The maximum absolute atomic E-state index is 11.8. The number of thiazole rings is 1. The lowest BCUT2D eigenvalue weighted by molar-refractivity contribution is -0.119. The zero-order valence-electron chi connectivity index (χ0n) is 12.5. The molecule has 0 unspecified atom stereocenters. The van der Waals surface area contributed by atoms with E-state index in [1.165, 1.54) is 0 Å². The minimum atomic E-state index is -0.0662. The van der Waals surface area contributed by atoms with Gasteiger partial charge in [0.05, 0.1) is 39.8 Å². The molecule has 7 heteroatoms. The number of amides is 1. The fourth-order valence-corrected chi connectivity index (χ4v) is 2.93. The average molecular weight is 308 g/mol. The molecule has 1 aromatic heterocycles. The Kier molecular flexibility index (Phi) is 4.98. The number of ether oxygens (including phenoxy) is 1. The van der Waals surface area contributed by atoms with Crippen molar-refractivity contribution in [1.29, 1.82) is 0 Å². The molecule has 0 saturated heterocycles. The summed E-state index contributed by atoms with van der Waals surface area (Å²) in [6, 6.07) is 3.84. The smallest absolute Gasteiger partial charge is 0.239 e. The third kappa shape index (κ3) is 3.83. The third-order valence-electron chi connectivity index (χ3n) is 3.06. The number of methoxy groups -OCH3 is 1. The van der Waals surface area contributed by atoms with Gasteiger partial charge in [0.2, 0.25) is 5.91 Å². The lowest BCUT2D eigenvalue weighted by Crippen LogP contribution is -2.36. The topological polar surface area (TPSA) is 80.5 Å². The highest BCUT2D eigenvalue weighted by Gasteiger charge is 2.12. The van der Waals surface area contributed by atoms with Gasteiger partial charge in [-0.05, 0) is 19.1 Å². The van der Waals surface area contributed by atoms with Gasteiger partial charge in [0, 0.05) is 20.7 Å². The lowest BCUT2D eigenvalue weighted by Gasteiger charge is -2.20. The van der Waals surface area contributed by atoms with Crippen molar-refractivity contribution < 1.29 is 9.53 Å². The van der Waals surface area contributed by atoms with Crippen molar-refractivity contribution in [2.75, 3.05) is 44.5 Å². The van der Waals surface area contributed by atoms with E-state index in [1.54, 1.807) is 18.4 Å². The van der Waals surface area contributed by atoms with Crippen molar-refractivity contribution in [3.63, 3.8) is 0 Å². The van der Waals surface area contributed by atoms with Gasteiger partial charge in [0.25, 0.3) is 0 Å². The van der Waals surface area contributed by atoms with Gasteiger partial charge < -0.3 is 20.7 Å². The molecule has 0 saturated carbocycles. The summed E-state index contributed by atoms with van der Waals surface area (Å²) in [6.45, 7) is 3.21. The van der Waals surface area contributed by atoms with Gasteiger partial charge in [-0.15, -0.1) is 11.3 Å². The lowest BCUT2D eigenvalue weighted by atomic mass is 10.2. The summed E-state index contributed by atoms with van der Waals surface area (Å²) in [5.74, 6) is -0.0662. The predicted octanol–water partition coefficient (Wildman–Crippen LogP) is 1.39. The van der Waals surface area contributed by atoms with E-state index in [4.69, 9.17) is 10.5 Å². The van der Waals surface area contributed by atoms with Crippen molar-refractivity contribution >= 4 is 38.8 Å². The Morgan fingerprint density at radius 1 is 1.52 bits per heavy atom. The number of anilines is 2. The van der Waals surface area contributed by atoms with E-state index in [0.29, 0.717) is 18.8 Å². The number of carbonyl (C=O) groups excluding carboxylic acids is 1. The molecule has 0 aliphatic rings. The van der Waals surface area contributed by atoms with Crippen molar-refractivity contribution in [1.82, 2.24) is 10.3 Å². The highest BCUT2D eigenvalue weighted by molar-refractivity contribution is 7.18. The van der Waals surface area contributed by atoms with Crippen LogP contribution in [0.1, 0.15) is 5.01 Å². The van der Waals surface area contributed by atoms with Crippen LogP contribution in [-0.4, -0.2) is 44.7 Å². The van der Waals surface area contributed by atoms with Crippen LogP contribution in [0.15, 0.2) is 12.1 Å². The first-order valence-electron chi connectivity index (χ1n) is 6.64. The number of benzene rings is 1. The maximum Gasteiger partial charge on any atom is 0.239 e. The van der Waals surface area contributed by atoms with E-state index < -0.39 is 0 Å². The second-order valence-electron chi connectivity index (χ2n) is 4.81. The Morgan fingerprint density at radius 2 is 2.29 bits per heavy atom. The minimum Gasteiger partial charge on any atom is -0.397 e. The molecule has 0 radical (unpaired) electrons. The summed E-state index contributed by atoms with van der Waals surface area (Å²) in [4.78, 5) is 18.1. The third-order valence-corrected chi connectivity index (χ3v) is 4.00. The van der Waals surface area contributed by atoms with E-state index in [0.717, 1.165) is 20.9 Å². The molecule has 0 spiro atoms. The summed E-state index contributed by atoms with van der Waals surface area (Å²) in [5, 5.41) is 3.79. The highest BCUT2D eigenvalue weighted by atomic mass is 32.1. The fourth-order valence-electron chi connectivity index (χ4n) is 2.07. The number of hydrogen-bond donors (Lipinski definition) is 2. The zero-order valence-corrected chi connectivity index (χ0v) is 13.3. The molecule has 114 valence electrons. The molecule has 2 rings (SSSR count). The summed E-state index contributed by atoms with van der Waals surface area (Å²) < 4.78 is 5.96. The molecule has 21 heavy (non-hydrogen) atoms. The van der Waals surface area contributed by atoms with Gasteiger partial charge in [-0.1, -0.05) is 0 Å². The van der Waals surface area contributed by atoms with E-state index in [-0.39, 0.29) is 12.5 Å². The van der Waals surface area contributed by atoms with E-state index in [9.17, 15) is 4.79 Å². The van der Waals surface area contributed by atoms with Gasteiger partial charge in [0.15, 0.2) is 0 Å². The van der Waals surface area contributed by atoms with Crippen LogP contribution in [0.25, 0.3) is 10.2 Å². The molecular formula is C14H20N4O2S. The summed E-state index contributed by atoms with van der Waals surface area (Å²) >= 11 is 1.61. The van der Waals surface area contributed by atoms with Crippen molar-refractivity contribution in [3.05, 3.63) is 17.1 Å². The van der Waals surface area contributed by atoms with Crippen LogP contribution in [-0.2, 0) is 9.53 Å². The highest BCUT2D eigenvalue weighted by Crippen LogP contribution is 2.31. The van der Waals surface area contributed by atoms with Crippen LogP contribution >= 0.6 is 11.3 Å². The number of aryl methyl sites for hydroxylation is 1. The summed E-state index contributed by atoms with van der Waals surface area (Å²) in [6.07, 6.45) is 0. The summed E-state index contributed by atoms with van der Waals surface area (Å²) in [7, 11) is 3.44. The van der Waals surface area contributed by atoms with Gasteiger partial charge in [0.1, 0.15) is 0 Å². The van der Waals surface area contributed by atoms with Crippen LogP contribution in [0.5, 0.6) is 0 Å². The molecule has 0 aliphatic carbocycles. The number of aromatic nitrogens is 1. The first kappa shape index (κ1) is 15.5. The SMILES string of the molecule is COCCNC(=O)CN(C)c1cc2nc(C)sc2cc1N. The Bertz CT molecular complexity index is 641. The standard InChI is InChI=1S/C14H20N4O2S/c1-9-17-11-7-12(10(15)6-13(11)21-9)18(2)8-14(19)16-4-5-20-3/h6-7H,4-5,8,15H2,1-3H3,(H,16,19). The molecule has 0 atom stereocenters. The number of hydrogen-bond acceptors (Lipinski definition) is 6. The van der Waals surface area contributed by atoms with Gasteiger partial charge in [-0.25, -0.2) is 4.98 Å². The van der Waals surface area contributed by atoms with Crippen LogP contribution in [0.3, 0.4) is 0 Å². The summed E-state index contributed by atoms with van der Waals surface area (Å²) in [5.41, 5.74) is 8.46. The second-order valence-corrected chi connectivity index (χ2v) is 6.05. The molecular weight excluding hydrogens is 288 g/mol. The molecule has 1 amide bonds.